The van der Waals surface area contributed by atoms with Crippen molar-refractivity contribution in [2.24, 2.45) is 4.99 Å². The van der Waals surface area contributed by atoms with Gasteiger partial charge in [0.05, 0.1) is 5.01 Å². The lowest BCUT2D eigenvalue weighted by Crippen LogP contribution is -2.19. The van der Waals surface area contributed by atoms with Crippen LogP contribution < -0.4 is 0 Å². The number of allylic oxidation sites excluding steroid dienone is 1. The first kappa shape index (κ1) is 14.3. The Morgan fingerprint density at radius 3 is 2.89 bits per heavy atom. The predicted molar refractivity (Wildman–Crippen MR) is 74.0 cm³/mol. The molecule has 0 atom stereocenters. The Morgan fingerprint density at radius 2 is 2.39 bits per heavy atom. The van der Waals surface area contributed by atoms with Crippen LogP contribution in [0.3, 0.4) is 0 Å². The second-order valence-corrected chi connectivity index (χ2v) is 4.51. The first-order valence-corrected chi connectivity index (χ1v) is 6.43. The largest absolute Gasteiger partial charge is 0.457 e. The highest BCUT2D eigenvalue weighted by Crippen LogP contribution is 2.13. The van der Waals surface area contributed by atoms with Gasteiger partial charge >= 0.3 is 5.97 Å². The highest BCUT2D eigenvalue weighted by molar-refractivity contribution is 7.09. The minimum Gasteiger partial charge on any atom is -0.457 e. The number of aryl methyl sites for hydroxylation is 1. The molecular weight excluding hydrogens is 248 g/mol. The summed E-state index contributed by atoms with van der Waals surface area (Å²) in [6.45, 7) is 11.0. The van der Waals surface area contributed by atoms with Crippen LogP contribution in [0, 0.1) is 0 Å². The Hall–Kier alpha value is -1.75. The van der Waals surface area contributed by atoms with E-state index in [9.17, 15) is 4.79 Å². The molecule has 1 aromatic rings. The third-order valence-corrected chi connectivity index (χ3v) is 2.92. The minimum absolute atomic E-state index is 0.152. The summed E-state index contributed by atoms with van der Waals surface area (Å²) in [5, 5.41) is 2.76. The monoisotopic (exact) mass is 264 g/mol. The number of aromatic nitrogens is 1. The molecule has 1 aromatic heterocycles. The topological polar surface area (TPSA) is 51.5 Å². The van der Waals surface area contributed by atoms with Crippen LogP contribution >= 0.6 is 11.3 Å². The number of carbonyl (C=O) groups excluding carboxylic acids is 1. The van der Waals surface area contributed by atoms with Gasteiger partial charge in [0.15, 0.2) is 5.71 Å². The van der Waals surface area contributed by atoms with Crippen molar-refractivity contribution < 1.29 is 9.53 Å². The third-order valence-electron chi connectivity index (χ3n) is 1.93. The molecule has 0 amide bonds. The Balaban J connectivity index is 3.01. The van der Waals surface area contributed by atoms with Crippen LogP contribution in [-0.4, -0.2) is 23.3 Å². The Labute approximate surface area is 111 Å². The molecule has 0 aliphatic carbocycles. The molecule has 1 rings (SSSR count). The Kier molecular flexibility index (Phi) is 5.45. The lowest BCUT2D eigenvalue weighted by atomic mass is 10.3. The number of ether oxygens (including phenoxy) is 1. The molecule has 0 saturated carbocycles. The first-order chi connectivity index (χ1) is 8.58. The molecule has 0 N–H and O–H groups in total. The fraction of sp³-hybridized carbons (Fsp3) is 0.308. The molecule has 4 nitrogen and oxygen atoms in total. The fourth-order valence-corrected chi connectivity index (χ4v) is 1.91. The molecular formula is C13H16N2O2S. The van der Waals surface area contributed by atoms with Gasteiger partial charge in [-0.15, -0.1) is 11.3 Å². The molecule has 96 valence electrons. The number of aliphatic imine (C=N–C) groups is 1. The Morgan fingerprint density at radius 1 is 1.67 bits per heavy atom. The van der Waals surface area contributed by atoms with Gasteiger partial charge in [0.25, 0.3) is 0 Å². The minimum atomic E-state index is -0.508. The normalized spacial score (nSPS) is 11.1. The quantitative estimate of drug-likeness (QED) is 0.451. The molecule has 0 spiro atoms. The summed E-state index contributed by atoms with van der Waals surface area (Å²) in [4.78, 5) is 20.3. The van der Waals surface area contributed by atoms with Crippen molar-refractivity contribution in [3.63, 3.8) is 0 Å². The summed E-state index contributed by atoms with van der Waals surface area (Å²) in [5.41, 5.74) is 1.26. The van der Waals surface area contributed by atoms with E-state index in [4.69, 9.17) is 4.74 Å². The molecule has 0 fully saturated rings. The van der Waals surface area contributed by atoms with Gasteiger partial charge in [-0.1, -0.05) is 26.2 Å². The summed E-state index contributed by atoms with van der Waals surface area (Å²) in [6.07, 6.45) is 2.33. The molecule has 5 heteroatoms. The first-order valence-electron chi connectivity index (χ1n) is 5.55. The van der Waals surface area contributed by atoms with Gasteiger partial charge in [-0.2, -0.15) is 0 Å². The fourth-order valence-electron chi connectivity index (χ4n) is 1.18. The Bertz CT molecular complexity index is 489. The number of hydrogen-bond donors (Lipinski definition) is 0. The molecule has 0 aromatic carbocycles. The van der Waals surface area contributed by atoms with E-state index in [1.54, 1.807) is 12.3 Å². The van der Waals surface area contributed by atoms with E-state index in [0.29, 0.717) is 11.4 Å². The van der Waals surface area contributed by atoms with Crippen molar-refractivity contribution in [1.82, 2.24) is 4.98 Å². The van der Waals surface area contributed by atoms with E-state index in [2.05, 4.69) is 23.1 Å². The zero-order valence-electron chi connectivity index (χ0n) is 10.6. The number of esters is 1. The van der Waals surface area contributed by atoms with Crippen molar-refractivity contribution in [3.8, 4) is 0 Å². The van der Waals surface area contributed by atoms with E-state index in [-0.39, 0.29) is 12.3 Å². The predicted octanol–water partition coefficient (Wildman–Crippen LogP) is 2.76. The van der Waals surface area contributed by atoms with E-state index in [0.717, 1.165) is 11.4 Å². The number of rotatable bonds is 6. The lowest BCUT2D eigenvalue weighted by Gasteiger charge is -2.03. The molecule has 0 radical (unpaired) electrons. The summed E-state index contributed by atoms with van der Waals surface area (Å²) in [6, 6.07) is 0. The van der Waals surface area contributed by atoms with Crippen molar-refractivity contribution in [3.05, 3.63) is 41.0 Å². The van der Waals surface area contributed by atoms with Crippen molar-refractivity contribution in [2.45, 2.75) is 20.3 Å². The van der Waals surface area contributed by atoms with Gasteiger partial charge < -0.3 is 4.74 Å². The molecule has 0 unspecified atom stereocenters. The van der Waals surface area contributed by atoms with Crippen LogP contribution in [0.5, 0.6) is 0 Å². The van der Waals surface area contributed by atoms with Crippen LogP contribution in [0.2, 0.25) is 0 Å². The summed E-state index contributed by atoms with van der Waals surface area (Å²) in [7, 11) is 0. The highest BCUT2D eigenvalue weighted by atomic mass is 32.1. The summed E-state index contributed by atoms with van der Waals surface area (Å²) < 4.78 is 4.99. The van der Waals surface area contributed by atoms with Gasteiger partial charge in [0, 0.05) is 11.1 Å². The van der Waals surface area contributed by atoms with Gasteiger partial charge in [-0.3, -0.25) is 0 Å². The second-order valence-electron chi connectivity index (χ2n) is 3.56. The molecule has 0 aliphatic rings. The van der Waals surface area contributed by atoms with Crippen LogP contribution in [0.4, 0.5) is 0 Å². The highest BCUT2D eigenvalue weighted by Gasteiger charge is 2.18. The van der Waals surface area contributed by atoms with Gasteiger partial charge in [0.2, 0.25) is 0 Å². The van der Waals surface area contributed by atoms with Crippen molar-refractivity contribution in [2.75, 3.05) is 6.61 Å². The number of thiazole rings is 1. The third kappa shape index (κ3) is 3.92. The van der Waals surface area contributed by atoms with Gasteiger partial charge in [-0.25, -0.2) is 14.8 Å². The zero-order chi connectivity index (χ0) is 13.5. The van der Waals surface area contributed by atoms with Crippen LogP contribution in [-0.2, 0) is 16.0 Å². The van der Waals surface area contributed by atoms with E-state index >= 15 is 0 Å². The maximum atomic E-state index is 11.9. The van der Waals surface area contributed by atoms with Gasteiger partial charge in [-0.05, 0) is 13.3 Å². The standard InChI is InChI=1S/C13H16N2O2S/c1-5-7-17-13(16)12(14-9(3)4)10-8-18-11(6-2)15-10/h5,8H,1,3,6-7H2,2,4H3. The SMILES string of the molecule is C=CCOC(=O)C(=NC(=C)C)c1csc(CC)n1. The van der Waals surface area contributed by atoms with Crippen LogP contribution in [0.1, 0.15) is 24.5 Å². The summed E-state index contributed by atoms with van der Waals surface area (Å²) >= 11 is 1.50. The van der Waals surface area contributed by atoms with Crippen molar-refractivity contribution >= 4 is 23.0 Å². The molecule has 0 saturated heterocycles. The zero-order valence-corrected chi connectivity index (χ0v) is 11.4. The second kappa shape index (κ2) is 6.86. The van der Waals surface area contributed by atoms with Gasteiger partial charge in [0.1, 0.15) is 12.3 Å². The number of carbonyl (C=O) groups is 1. The molecule has 0 bridgehead atoms. The maximum Gasteiger partial charge on any atom is 0.359 e. The van der Waals surface area contributed by atoms with E-state index in [1.807, 2.05) is 6.92 Å². The number of hydrogen-bond acceptors (Lipinski definition) is 5. The lowest BCUT2D eigenvalue weighted by molar-refractivity contribution is -0.134. The molecule has 0 aliphatic heterocycles. The van der Waals surface area contributed by atoms with Crippen molar-refractivity contribution in [1.29, 1.82) is 0 Å². The summed E-state index contributed by atoms with van der Waals surface area (Å²) in [5.74, 6) is -0.508. The molecule has 18 heavy (non-hydrogen) atoms. The van der Waals surface area contributed by atoms with E-state index in [1.165, 1.54) is 17.4 Å². The van der Waals surface area contributed by atoms with E-state index < -0.39 is 5.97 Å². The molecule has 1 heterocycles. The average molecular weight is 264 g/mol. The average Bonchev–Trinajstić information content (AvgIpc) is 2.81. The smallest absolute Gasteiger partial charge is 0.359 e. The maximum absolute atomic E-state index is 11.9. The van der Waals surface area contributed by atoms with Crippen LogP contribution in [0.25, 0.3) is 0 Å². The number of nitrogens with zero attached hydrogens (tertiary/aromatic N) is 2. The van der Waals surface area contributed by atoms with Crippen LogP contribution in [0.15, 0.2) is 35.3 Å².